The standard InChI is InChI=1S/C29H43NO6/c1-19-8-12-23(31)13-9-21(3)18-35-29(34)25-7-5-6-16-30(25)28(33)26(32)27-22(4)11-15-24(36-27)14-10-20(2)17-19/h6,8,16,20-22,24-25,27H,5,7,9-15,17-18H2,1-4H3. The molecule has 1 fully saturated rings. The van der Waals surface area contributed by atoms with Crippen LogP contribution in [0.5, 0.6) is 0 Å². The van der Waals surface area contributed by atoms with E-state index in [2.05, 4.69) is 13.8 Å². The predicted octanol–water partition coefficient (Wildman–Crippen LogP) is 4.93. The van der Waals surface area contributed by atoms with E-state index < -0.39 is 29.8 Å². The summed E-state index contributed by atoms with van der Waals surface area (Å²) in [6.45, 7) is 8.35. The smallest absolute Gasteiger partial charge is 0.329 e. The van der Waals surface area contributed by atoms with E-state index in [4.69, 9.17) is 9.47 Å². The zero-order chi connectivity index (χ0) is 26.2. The number of Topliss-reactive ketones (excluding diaryl/α,β-unsaturated/α-hetero) is 2. The average Bonchev–Trinajstić information content (AvgIpc) is 2.87. The molecule has 1 amide bonds. The third-order valence-electron chi connectivity index (χ3n) is 7.74. The van der Waals surface area contributed by atoms with Crippen molar-refractivity contribution in [1.29, 1.82) is 0 Å². The van der Waals surface area contributed by atoms with Crippen molar-refractivity contribution in [3.8, 4) is 0 Å². The minimum atomic E-state index is -0.821. The Morgan fingerprint density at radius 3 is 2.44 bits per heavy atom. The minimum absolute atomic E-state index is 0.0236. The molecule has 3 aliphatic heterocycles. The maximum absolute atomic E-state index is 13.3. The van der Waals surface area contributed by atoms with Crippen LogP contribution in [0.2, 0.25) is 0 Å². The molecule has 3 aliphatic rings. The molecule has 0 radical (unpaired) electrons. The van der Waals surface area contributed by atoms with Crippen molar-refractivity contribution < 1.29 is 28.7 Å². The van der Waals surface area contributed by atoms with E-state index in [0.29, 0.717) is 38.0 Å². The van der Waals surface area contributed by atoms with Gasteiger partial charge in [-0.1, -0.05) is 38.5 Å². The number of rotatable bonds is 0. The molecular formula is C29H43NO6. The number of nitrogens with zero attached hydrogens (tertiary/aromatic N) is 1. The second kappa shape index (κ2) is 13.3. The summed E-state index contributed by atoms with van der Waals surface area (Å²) in [6.07, 6.45) is 11.5. The van der Waals surface area contributed by atoms with E-state index in [-0.39, 0.29) is 30.3 Å². The van der Waals surface area contributed by atoms with Crippen molar-refractivity contribution in [3.63, 3.8) is 0 Å². The number of carbonyl (C=O) groups is 4. The lowest BCUT2D eigenvalue weighted by atomic mass is 9.87. The molecule has 6 unspecified atom stereocenters. The van der Waals surface area contributed by atoms with E-state index in [0.717, 1.165) is 32.1 Å². The Kier molecular flexibility index (Phi) is 10.5. The van der Waals surface area contributed by atoms with Gasteiger partial charge >= 0.3 is 5.97 Å². The van der Waals surface area contributed by atoms with E-state index >= 15 is 0 Å². The zero-order valence-corrected chi connectivity index (χ0v) is 22.4. The number of hydrogen-bond acceptors (Lipinski definition) is 6. The fourth-order valence-electron chi connectivity index (χ4n) is 5.32. The number of hydrogen-bond donors (Lipinski definition) is 0. The summed E-state index contributed by atoms with van der Waals surface area (Å²) in [5.74, 6) is -1.20. The van der Waals surface area contributed by atoms with Gasteiger partial charge < -0.3 is 9.47 Å². The first kappa shape index (κ1) is 28.3. The number of ketones is 2. The van der Waals surface area contributed by atoms with Crippen molar-refractivity contribution in [1.82, 2.24) is 4.90 Å². The van der Waals surface area contributed by atoms with Crippen LogP contribution < -0.4 is 0 Å². The number of ether oxygens (including phenoxy) is 2. The molecule has 36 heavy (non-hydrogen) atoms. The van der Waals surface area contributed by atoms with Gasteiger partial charge in [-0.15, -0.1) is 0 Å². The lowest BCUT2D eigenvalue weighted by Gasteiger charge is -2.36. The zero-order valence-electron chi connectivity index (χ0n) is 22.4. The van der Waals surface area contributed by atoms with Gasteiger partial charge in [0.2, 0.25) is 5.78 Å². The summed E-state index contributed by atoms with van der Waals surface area (Å²) in [6, 6.07) is -0.821. The van der Waals surface area contributed by atoms with Crippen molar-refractivity contribution in [2.75, 3.05) is 6.61 Å². The molecule has 1 saturated heterocycles. The Labute approximate surface area is 215 Å². The molecule has 200 valence electrons. The van der Waals surface area contributed by atoms with Crippen molar-refractivity contribution in [2.24, 2.45) is 17.8 Å². The van der Waals surface area contributed by atoms with Gasteiger partial charge in [-0.05, 0) is 76.0 Å². The highest BCUT2D eigenvalue weighted by atomic mass is 16.5. The fraction of sp³-hybridized carbons (Fsp3) is 0.724. The van der Waals surface area contributed by atoms with Gasteiger partial charge in [0.1, 0.15) is 17.9 Å². The molecule has 7 nitrogen and oxygen atoms in total. The Balaban J connectivity index is 1.78. The van der Waals surface area contributed by atoms with Crippen LogP contribution in [0.1, 0.15) is 91.9 Å². The predicted molar refractivity (Wildman–Crippen MR) is 137 cm³/mol. The molecule has 3 heterocycles. The lowest BCUT2D eigenvalue weighted by molar-refractivity contribution is -0.163. The van der Waals surface area contributed by atoms with Gasteiger partial charge in [0.15, 0.2) is 0 Å². The largest absolute Gasteiger partial charge is 0.464 e. The molecule has 7 heteroatoms. The SMILES string of the molecule is CC1=CCC(=O)CCC(C)COC(=O)C2CCC=CN2C(=O)C(=O)C2OC(CCC(C)C1)CCC2C. The second-order valence-electron chi connectivity index (χ2n) is 11.2. The summed E-state index contributed by atoms with van der Waals surface area (Å²) in [4.78, 5) is 53.1. The molecule has 0 spiro atoms. The van der Waals surface area contributed by atoms with E-state index in [9.17, 15) is 19.2 Å². The summed E-state index contributed by atoms with van der Waals surface area (Å²) in [5.41, 5.74) is 1.21. The third kappa shape index (κ3) is 7.86. The van der Waals surface area contributed by atoms with Crippen LogP contribution >= 0.6 is 0 Å². The van der Waals surface area contributed by atoms with Crippen LogP contribution in [0.4, 0.5) is 0 Å². The number of allylic oxidation sites excluding steroid dienone is 3. The first-order chi connectivity index (χ1) is 17.2. The molecule has 3 rings (SSSR count). The summed E-state index contributed by atoms with van der Waals surface area (Å²) < 4.78 is 11.7. The van der Waals surface area contributed by atoms with Crippen molar-refractivity contribution in [3.05, 3.63) is 23.9 Å². The first-order valence-corrected chi connectivity index (χ1v) is 13.7. The monoisotopic (exact) mass is 501 g/mol. The molecule has 0 aromatic rings. The highest BCUT2D eigenvalue weighted by molar-refractivity contribution is 6.38. The molecule has 0 saturated carbocycles. The minimum Gasteiger partial charge on any atom is -0.464 e. The second-order valence-corrected chi connectivity index (χ2v) is 11.2. The van der Waals surface area contributed by atoms with Crippen LogP contribution in [-0.2, 0) is 28.7 Å². The normalized spacial score (nSPS) is 34.3. The van der Waals surface area contributed by atoms with E-state index in [1.807, 2.05) is 19.9 Å². The van der Waals surface area contributed by atoms with Crippen LogP contribution in [0.3, 0.4) is 0 Å². The first-order valence-electron chi connectivity index (χ1n) is 13.7. The molecule has 6 atom stereocenters. The molecule has 0 aliphatic carbocycles. The van der Waals surface area contributed by atoms with Gasteiger partial charge in [0.05, 0.1) is 12.7 Å². The Morgan fingerprint density at radius 2 is 1.67 bits per heavy atom. The number of fused-ring (bicyclic) bond motifs is 3. The quantitative estimate of drug-likeness (QED) is 0.266. The van der Waals surface area contributed by atoms with Crippen LogP contribution in [-0.4, -0.2) is 53.2 Å². The molecule has 0 aromatic heterocycles. The van der Waals surface area contributed by atoms with E-state index in [1.165, 1.54) is 16.7 Å². The highest BCUT2D eigenvalue weighted by Crippen LogP contribution is 2.30. The summed E-state index contributed by atoms with van der Waals surface area (Å²) in [5, 5.41) is 0. The van der Waals surface area contributed by atoms with Gasteiger partial charge in [0.25, 0.3) is 5.91 Å². The van der Waals surface area contributed by atoms with Crippen LogP contribution in [0.25, 0.3) is 0 Å². The number of amides is 1. The Bertz CT molecular complexity index is 877. The maximum Gasteiger partial charge on any atom is 0.329 e. The lowest BCUT2D eigenvalue weighted by Crippen LogP contribution is -2.51. The van der Waals surface area contributed by atoms with Gasteiger partial charge in [-0.3, -0.25) is 19.3 Å². The van der Waals surface area contributed by atoms with Crippen LogP contribution in [0.15, 0.2) is 23.9 Å². The summed E-state index contributed by atoms with van der Waals surface area (Å²) >= 11 is 0. The summed E-state index contributed by atoms with van der Waals surface area (Å²) in [7, 11) is 0. The Morgan fingerprint density at radius 1 is 0.917 bits per heavy atom. The van der Waals surface area contributed by atoms with Crippen molar-refractivity contribution in [2.45, 2.75) is 110 Å². The van der Waals surface area contributed by atoms with Gasteiger partial charge in [-0.2, -0.15) is 0 Å². The maximum atomic E-state index is 13.3. The van der Waals surface area contributed by atoms with Gasteiger partial charge in [0, 0.05) is 19.0 Å². The average molecular weight is 502 g/mol. The molecule has 0 aromatic carbocycles. The Hall–Kier alpha value is -2.28. The molecule has 2 bridgehead atoms. The van der Waals surface area contributed by atoms with Crippen molar-refractivity contribution >= 4 is 23.4 Å². The van der Waals surface area contributed by atoms with Gasteiger partial charge in [-0.25, -0.2) is 4.79 Å². The third-order valence-corrected chi connectivity index (χ3v) is 7.74. The molecule has 0 N–H and O–H groups in total. The topological polar surface area (TPSA) is 90.0 Å². The number of esters is 1. The number of cyclic esters (lactones) is 1. The highest BCUT2D eigenvalue weighted by Gasteiger charge is 2.41. The van der Waals surface area contributed by atoms with E-state index in [1.54, 1.807) is 6.08 Å². The fourth-order valence-corrected chi connectivity index (χ4v) is 5.32. The van der Waals surface area contributed by atoms with Crippen LogP contribution in [0, 0.1) is 17.8 Å². The molecular weight excluding hydrogens is 458 g/mol. The number of carbonyl (C=O) groups excluding carboxylic acids is 4.